The second kappa shape index (κ2) is 13.8. The lowest BCUT2D eigenvalue weighted by Gasteiger charge is -2.55. The number of Topliss-reactive ketones (excluding diaryl/α,β-unsaturated/α-hetero) is 1. The van der Waals surface area contributed by atoms with Crippen LogP contribution in [0.1, 0.15) is 48.1 Å². The van der Waals surface area contributed by atoms with Crippen molar-refractivity contribution < 1.29 is 42.2 Å². The van der Waals surface area contributed by atoms with Gasteiger partial charge in [-0.15, -0.1) is 0 Å². The Balaban J connectivity index is 1.32. The minimum atomic E-state index is -4.82. The molecule has 2 fully saturated rings. The molecule has 13 heteroatoms. The second-order valence-corrected chi connectivity index (χ2v) is 14.8. The van der Waals surface area contributed by atoms with Crippen LogP contribution in [-0.4, -0.2) is 52.1 Å². The fourth-order valence-corrected chi connectivity index (χ4v) is 9.68. The van der Waals surface area contributed by atoms with E-state index in [1.165, 1.54) is 13.1 Å². The zero-order valence-electron chi connectivity index (χ0n) is 30.2. The molecule has 0 radical (unpaired) electrons. The summed E-state index contributed by atoms with van der Waals surface area (Å²) in [5.41, 5.74) is -0.659. The fraction of sp³-hybridized carbons (Fsp3) is 0.279. The number of para-hydroxylation sites is 1. The number of benzene rings is 3. The third-order valence-corrected chi connectivity index (χ3v) is 12.0. The molecule has 8 rings (SSSR count). The number of ether oxygens (including phenoxy) is 1. The SMILES string of the molecule is CCOc1cccc([C@H]2C3=CC[C@@H]4C(=O)N(N(C)c5nc(C(F)(F)F)ccc5Cl)C(=O)[C@@H]4[C@@H]3C[C@H]3C(=O)C(c4ccccc4)=CC(=O)[C@@]23c2ccccc2)c1O. The number of ketones is 2. The lowest BCUT2D eigenvalue weighted by atomic mass is 9.44. The molecule has 0 unspecified atom stereocenters. The van der Waals surface area contributed by atoms with Crippen LogP contribution in [0.15, 0.2) is 109 Å². The highest BCUT2D eigenvalue weighted by Gasteiger charge is 2.66. The Morgan fingerprint density at radius 2 is 1.62 bits per heavy atom. The number of halogens is 4. The largest absolute Gasteiger partial charge is 0.504 e. The third kappa shape index (κ3) is 5.56. The van der Waals surface area contributed by atoms with Crippen LogP contribution >= 0.6 is 11.6 Å². The summed E-state index contributed by atoms with van der Waals surface area (Å²) in [6.07, 6.45) is -1.59. The number of amides is 2. The van der Waals surface area contributed by atoms with E-state index in [1.54, 1.807) is 85.8 Å². The van der Waals surface area contributed by atoms with Crippen molar-refractivity contribution in [1.82, 2.24) is 9.99 Å². The van der Waals surface area contributed by atoms with Gasteiger partial charge in [0.25, 0.3) is 11.8 Å². The number of imide groups is 1. The summed E-state index contributed by atoms with van der Waals surface area (Å²) in [5.74, 6) is -7.48. The van der Waals surface area contributed by atoms with Gasteiger partial charge in [-0.2, -0.15) is 18.2 Å². The van der Waals surface area contributed by atoms with Gasteiger partial charge in [0.15, 0.2) is 28.9 Å². The van der Waals surface area contributed by atoms with Crippen molar-refractivity contribution in [2.24, 2.45) is 23.7 Å². The predicted octanol–water partition coefficient (Wildman–Crippen LogP) is 7.73. The number of nitrogens with zero attached hydrogens (tertiary/aromatic N) is 3. The minimum Gasteiger partial charge on any atom is -0.504 e. The van der Waals surface area contributed by atoms with Crippen molar-refractivity contribution in [3.8, 4) is 11.5 Å². The first kappa shape index (κ1) is 37.2. The summed E-state index contributed by atoms with van der Waals surface area (Å²) in [7, 11) is 1.25. The third-order valence-electron chi connectivity index (χ3n) is 11.7. The summed E-state index contributed by atoms with van der Waals surface area (Å²) in [6, 6.07) is 24.4. The molecule has 1 N–H and O–H groups in total. The Morgan fingerprint density at radius 3 is 2.30 bits per heavy atom. The van der Waals surface area contributed by atoms with Crippen LogP contribution in [0, 0.1) is 23.7 Å². The first-order valence-corrected chi connectivity index (χ1v) is 18.6. The maximum atomic E-state index is 15.2. The Bertz CT molecular complexity index is 2350. The monoisotopic (exact) mass is 781 g/mol. The molecule has 4 aromatic rings. The van der Waals surface area contributed by atoms with Crippen LogP contribution in [0.3, 0.4) is 0 Å². The maximum Gasteiger partial charge on any atom is 0.433 e. The van der Waals surface area contributed by atoms with Gasteiger partial charge in [0.05, 0.1) is 28.9 Å². The van der Waals surface area contributed by atoms with Crippen molar-refractivity contribution in [3.05, 3.63) is 136 Å². The standard InChI is InChI=1S/C43H35ClF3N3O6/c1-3-56-32-16-10-15-27(38(32)53)36-25-17-18-26-35(41(55)50(40(26)54)49(2)39-31(44)19-20-33(48-39)43(45,46)47)29(25)21-30-37(52)28(23-11-6-4-7-12-23)22-34(51)42(30,36)24-13-8-5-9-14-24/h4-17,19-20,22,26,29-30,35-36,53H,3,18,21H2,1-2H3/t26-,29+,30-,35-,36+,42-/m0/s1. The first-order chi connectivity index (χ1) is 26.8. The Hall–Kier alpha value is -5.75. The van der Waals surface area contributed by atoms with Crippen LogP contribution in [0.2, 0.25) is 5.02 Å². The number of hydrogen-bond donors (Lipinski definition) is 1. The number of carbonyl (C=O) groups excluding carboxylic acids is 4. The quantitative estimate of drug-likeness (QED) is 0.150. The lowest BCUT2D eigenvalue weighted by molar-refractivity contribution is -0.141. The van der Waals surface area contributed by atoms with E-state index in [0.717, 1.165) is 16.1 Å². The van der Waals surface area contributed by atoms with E-state index in [0.29, 0.717) is 28.3 Å². The van der Waals surface area contributed by atoms with Crippen molar-refractivity contribution in [3.63, 3.8) is 0 Å². The van der Waals surface area contributed by atoms with Gasteiger partial charge in [0.1, 0.15) is 5.69 Å². The lowest BCUT2D eigenvalue weighted by Crippen LogP contribution is -2.59. The molecule has 9 nitrogen and oxygen atoms in total. The summed E-state index contributed by atoms with van der Waals surface area (Å²) < 4.78 is 46.9. The molecular weight excluding hydrogens is 747 g/mol. The molecular formula is C43H35ClF3N3O6. The molecule has 0 bridgehead atoms. The Kier molecular flexibility index (Phi) is 9.14. The zero-order valence-corrected chi connectivity index (χ0v) is 30.9. The molecule has 2 amide bonds. The number of phenols is 1. The number of anilines is 1. The molecule has 56 heavy (non-hydrogen) atoms. The molecule has 0 spiro atoms. The number of aromatic hydroxyl groups is 1. The number of carbonyl (C=O) groups is 4. The van der Waals surface area contributed by atoms with E-state index in [9.17, 15) is 27.9 Å². The first-order valence-electron chi connectivity index (χ1n) is 18.2. The highest BCUT2D eigenvalue weighted by atomic mass is 35.5. The molecule has 3 aliphatic carbocycles. The van der Waals surface area contributed by atoms with Crippen molar-refractivity contribution in [2.75, 3.05) is 18.7 Å². The number of aromatic nitrogens is 1. The van der Waals surface area contributed by atoms with Crippen LogP contribution in [-0.2, 0) is 30.8 Å². The van der Waals surface area contributed by atoms with Crippen molar-refractivity contribution >= 4 is 46.4 Å². The number of rotatable bonds is 7. The van der Waals surface area contributed by atoms with Crippen molar-refractivity contribution in [1.29, 1.82) is 0 Å². The highest BCUT2D eigenvalue weighted by Crippen LogP contribution is 2.65. The summed E-state index contributed by atoms with van der Waals surface area (Å²) in [5, 5.41) is 13.4. The second-order valence-electron chi connectivity index (χ2n) is 14.4. The normalized spacial score (nSPS) is 25.9. The molecule has 3 aromatic carbocycles. The summed E-state index contributed by atoms with van der Waals surface area (Å²) in [6.45, 7) is 2.00. The van der Waals surface area contributed by atoms with Gasteiger partial charge in [-0.3, -0.25) is 24.2 Å². The van der Waals surface area contributed by atoms with Crippen LogP contribution in [0.25, 0.3) is 5.57 Å². The number of hydrogen-bond acceptors (Lipinski definition) is 8. The van der Waals surface area contributed by atoms with Gasteiger partial charge >= 0.3 is 6.18 Å². The number of phenolic OH excluding ortho intramolecular Hbond substituents is 1. The number of allylic oxidation sites excluding steroid dienone is 4. The minimum absolute atomic E-state index is 0.0157. The average molecular weight is 782 g/mol. The van der Waals surface area contributed by atoms with Gasteiger partial charge in [0.2, 0.25) is 0 Å². The van der Waals surface area contributed by atoms with E-state index >= 15 is 9.59 Å². The average Bonchev–Trinajstić information content (AvgIpc) is 3.45. The van der Waals surface area contributed by atoms with Crippen LogP contribution in [0.5, 0.6) is 11.5 Å². The molecule has 2 heterocycles. The van der Waals surface area contributed by atoms with E-state index < -0.39 is 64.5 Å². The molecule has 4 aliphatic rings. The van der Waals surface area contributed by atoms with E-state index in [4.69, 9.17) is 16.3 Å². The molecule has 286 valence electrons. The van der Waals surface area contributed by atoms with E-state index in [-0.39, 0.29) is 53.1 Å². The van der Waals surface area contributed by atoms with Gasteiger partial charge in [-0.25, -0.2) is 4.98 Å². The molecule has 1 saturated carbocycles. The van der Waals surface area contributed by atoms with Crippen LogP contribution in [0.4, 0.5) is 19.0 Å². The number of hydrazine groups is 1. The summed E-state index contributed by atoms with van der Waals surface area (Å²) >= 11 is 6.32. The predicted molar refractivity (Wildman–Crippen MR) is 200 cm³/mol. The molecule has 1 aromatic heterocycles. The molecule has 1 saturated heterocycles. The topological polar surface area (TPSA) is 117 Å². The smallest absolute Gasteiger partial charge is 0.433 e. The van der Waals surface area contributed by atoms with Gasteiger partial charge in [0, 0.05) is 30.0 Å². The maximum absolute atomic E-state index is 15.2. The van der Waals surface area contributed by atoms with Gasteiger partial charge in [-0.05, 0) is 61.1 Å². The van der Waals surface area contributed by atoms with E-state index in [2.05, 4.69) is 4.98 Å². The molecule has 1 aliphatic heterocycles. The van der Waals surface area contributed by atoms with Crippen LogP contribution < -0.4 is 9.75 Å². The fourth-order valence-electron chi connectivity index (χ4n) is 9.45. The Labute approximate surface area is 325 Å². The zero-order chi connectivity index (χ0) is 39.7. The number of alkyl halides is 3. The molecule has 6 atom stereocenters. The van der Waals surface area contributed by atoms with Gasteiger partial charge < -0.3 is 9.84 Å². The summed E-state index contributed by atoms with van der Waals surface area (Å²) in [4.78, 5) is 63.0. The highest BCUT2D eigenvalue weighted by molar-refractivity contribution is 6.33. The van der Waals surface area contributed by atoms with E-state index in [1.807, 2.05) is 6.08 Å². The van der Waals surface area contributed by atoms with Crippen molar-refractivity contribution in [2.45, 2.75) is 37.3 Å². The van der Waals surface area contributed by atoms with Gasteiger partial charge in [-0.1, -0.05) is 96.0 Å². The Morgan fingerprint density at radius 1 is 0.929 bits per heavy atom. The number of fused-ring (bicyclic) bond motifs is 4. The number of pyridine rings is 1.